The van der Waals surface area contributed by atoms with Crippen LogP contribution in [-0.4, -0.2) is 40.6 Å². The van der Waals surface area contributed by atoms with Gasteiger partial charge in [0.15, 0.2) is 0 Å². The summed E-state index contributed by atoms with van der Waals surface area (Å²) in [6, 6.07) is 16.0. The zero-order valence-electron chi connectivity index (χ0n) is 18.6. The molecule has 0 bridgehead atoms. The van der Waals surface area contributed by atoms with Crippen molar-refractivity contribution in [2.24, 2.45) is 0 Å². The van der Waals surface area contributed by atoms with Gasteiger partial charge in [-0.15, -0.1) is 0 Å². The normalized spacial score (nSPS) is 14.0. The van der Waals surface area contributed by atoms with Crippen LogP contribution in [0.5, 0.6) is 0 Å². The van der Waals surface area contributed by atoms with Gasteiger partial charge < -0.3 is 9.72 Å². The predicted molar refractivity (Wildman–Crippen MR) is 125 cm³/mol. The first-order valence-electron chi connectivity index (χ1n) is 10.8. The third-order valence-electron chi connectivity index (χ3n) is 5.89. The zero-order chi connectivity index (χ0) is 23.4. The van der Waals surface area contributed by atoms with Gasteiger partial charge in [-0.25, -0.2) is 9.59 Å². The van der Waals surface area contributed by atoms with E-state index in [9.17, 15) is 14.4 Å². The van der Waals surface area contributed by atoms with E-state index in [1.807, 2.05) is 30.3 Å². The van der Waals surface area contributed by atoms with Crippen molar-refractivity contribution in [2.45, 2.75) is 25.9 Å². The summed E-state index contributed by atoms with van der Waals surface area (Å²) in [5.41, 5.74) is 2.68. The van der Waals surface area contributed by atoms with Gasteiger partial charge in [-0.3, -0.25) is 14.3 Å². The van der Waals surface area contributed by atoms with Gasteiger partial charge in [0.1, 0.15) is 0 Å². The molecule has 3 aromatic rings. The van der Waals surface area contributed by atoms with Crippen LogP contribution >= 0.6 is 0 Å². The van der Waals surface area contributed by atoms with Gasteiger partial charge in [0, 0.05) is 30.8 Å². The highest BCUT2D eigenvalue weighted by Gasteiger charge is 2.24. The van der Waals surface area contributed by atoms with E-state index in [4.69, 9.17) is 4.74 Å². The molecule has 4 rings (SSSR count). The van der Waals surface area contributed by atoms with E-state index in [1.54, 1.807) is 31.2 Å². The predicted octanol–water partition coefficient (Wildman–Crippen LogP) is 2.34. The van der Waals surface area contributed by atoms with Gasteiger partial charge in [0.2, 0.25) is 0 Å². The number of rotatable bonds is 4. The van der Waals surface area contributed by atoms with E-state index in [0.29, 0.717) is 36.3 Å². The molecule has 0 spiro atoms. The summed E-state index contributed by atoms with van der Waals surface area (Å²) in [6.07, 6.45) is 0.593. The number of carbonyl (C=O) groups excluding carboxylic acids is 1. The van der Waals surface area contributed by atoms with E-state index in [-0.39, 0.29) is 5.56 Å². The van der Waals surface area contributed by atoms with Crippen molar-refractivity contribution >= 4 is 5.97 Å². The number of ether oxygens (including phenoxy) is 1. The topological polar surface area (TPSA) is 84.4 Å². The highest BCUT2D eigenvalue weighted by atomic mass is 16.5. The minimum atomic E-state index is -0.494. The van der Waals surface area contributed by atoms with Crippen LogP contribution in [0.3, 0.4) is 0 Å². The smallest absolute Gasteiger partial charge is 0.337 e. The number of aromatic amines is 1. The van der Waals surface area contributed by atoms with Crippen molar-refractivity contribution in [2.75, 3.05) is 20.2 Å². The SMILES string of the molecule is COC(=O)c1ccc(C(C)n2c(=O)[nH]c3c(c2=O)CN(CC#Cc2ccccc2)CC3)cc1. The molecule has 1 atom stereocenters. The van der Waals surface area contributed by atoms with Gasteiger partial charge >= 0.3 is 11.7 Å². The van der Waals surface area contributed by atoms with Gasteiger partial charge in [-0.2, -0.15) is 0 Å². The molecule has 7 nitrogen and oxygen atoms in total. The minimum absolute atomic E-state index is 0.293. The maximum absolute atomic E-state index is 13.3. The Kier molecular flexibility index (Phi) is 6.57. The van der Waals surface area contributed by atoms with Gasteiger partial charge in [-0.1, -0.05) is 42.2 Å². The van der Waals surface area contributed by atoms with Gasteiger partial charge in [0.25, 0.3) is 5.56 Å². The second kappa shape index (κ2) is 9.72. The molecule has 7 heteroatoms. The molecule has 1 unspecified atom stereocenters. The van der Waals surface area contributed by atoms with Crippen LogP contribution < -0.4 is 11.2 Å². The first-order chi connectivity index (χ1) is 16.0. The number of esters is 1. The molecule has 0 radical (unpaired) electrons. The maximum Gasteiger partial charge on any atom is 0.337 e. The Balaban J connectivity index is 1.57. The molecule has 2 heterocycles. The molecule has 0 saturated heterocycles. The number of hydrogen-bond donors (Lipinski definition) is 1. The lowest BCUT2D eigenvalue weighted by atomic mass is 10.0. The molecule has 0 aliphatic carbocycles. The van der Waals surface area contributed by atoms with Crippen LogP contribution in [0.15, 0.2) is 64.2 Å². The third kappa shape index (κ3) is 4.81. The van der Waals surface area contributed by atoms with Crippen molar-refractivity contribution in [1.82, 2.24) is 14.5 Å². The van der Waals surface area contributed by atoms with Crippen LogP contribution in [0, 0.1) is 11.8 Å². The molecule has 0 amide bonds. The number of hydrogen-bond acceptors (Lipinski definition) is 5. The lowest BCUT2D eigenvalue weighted by Gasteiger charge is -2.27. The minimum Gasteiger partial charge on any atom is -0.465 e. The summed E-state index contributed by atoms with van der Waals surface area (Å²) in [4.78, 5) is 42.8. The number of H-pyrrole nitrogens is 1. The van der Waals surface area contributed by atoms with E-state index in [1.165, 1.54) is 11.7 Å². The van der Waals surface area contributed by atoms with E-state index in [0.717, 1.165) is 17.7 Å². The van der Waals surface area contributed by atoms with E-state index >= 15 is 0 Å². The Morgan fingerprint density at radius 3 is 2.55 bits per heavy atom. The van der Waals surface area contributed by atoms with Gasteiger partial charge in [-0.05, 0) is 36.8 Å². The molecule has 0 saturated carbocycles. The van der Waals surface area contributed by atoms with Crippen LogP contribution in [0.1, 0.15) is 45.7 Å². The van der Waals surface area contributed by atoms with Crippen molar-refractivity contribution in [3.05, 3.63) is 103 Å². The fourth-order valence-corrected chi connectivity index (χ4v) is 4.01. The second-order valence-electron chi connectivity index (χ2n) is 7.98. The highest BCUT2D eigenvalue weighted by molar-refractivity contribution is 5.89. The third-order valence-corrected chi connectivity index (χ3v) is 5.89. The lowest BCUT2D eigenvalue weighted by molar-refractivity contribution is 0.0600. The van der Waals surface area contributed by atoms with E-state index < -0.39 is 17.7 Å². The number of fused-ring (bicyclic) bond motifs is 1. The molecule has 168 valence electrons. The van der Waals surface area contributed by atoms with Crippen LogP contribution in [0.4, 0.5) is 0 Å². The Morgan fingerprint density at radius 2 is 1.85 bits per heavy atom. The molecule has 1 aliphatic rings. The molecule has 1 N–H and O–H groups in total. The molecule has 33 heavy (non-hydrogen) atoms. The summed E-state index contributed by atoms with van der Waals surface area (Å²) in [5.74, 6) is 5.88. The number of nitrogens with one attached hydrogen (secondary N) is 1. The quantitative estimate of drug-likeness (QED) is 0.494. The summed E-state index contributed by atoms with van der Waals surface area (Å²) < 4.78 is 5.96. The van der Waals surface area contributed by atoms with Crippen molar-refractivity contribution < 1.29 is 9.53 Å². The second-order valence-corrected chi connectivity index (χ2v) is 7.98. The number of benzene rings is 2. The number of nitrogens with zero attached hydrogens (tertiary/aromatic N) is 2. The molecule has 2 aromatic carbocycles. The number of methoxy groups -OCH3 is 1. The summed E-state index contributed by atoms with van der Waals surface area (Å²) >= 11 is 0. The molecule has 0 fully saturated rings. The highest BCUT2D eigenvalue weighted by Crippen LogP contribution is 2.18. The summed E-state index contributed by atoms with van der Waals surface area (Å²) in [6.45, 7) is 3.49. The standard InChI is InChI=1S/C26H25N3O4/c1-18(20-10-12-21(13-11-20)25(31)33-2)29-24(30)22-17-28(16-14-23(22)27-26(29)32)15-6-9-19-7-4-3-5-8-19/h3-5,7-8,10-13,18H,14-17H2,1-2H3,(H,27,32). The van der Waals surface area contributed by atoms with Crippen molar-refractivity contribution in [1.29, 1.82) is 0 Å². The monoisotopic (exact) mass is 443 g/mol. The molecular weight excluding hydrogens is 418 g/mol. The van der Waals surface area contributed by atoms with E-state index in [2.05, 4.69) is 21.7 Å². The Labute approximate surface area is 191 Å². The fraction of sp³-hybridized carbons (Fsp3) is 0.269. The summed E-state index contributed by atoms with van der Waals surface area (Å²) in [7, 11) is 1.32. The lowest BCUT2D eigenvalue weighted by Crippen LogP contribution is -2.45. The fourth-order valence-electron chi connectivity index (χ4n) is 4.01. The molecular formula is C26H25N3O4. The number of aromatic nitrogens is 2. The van der Waals surface area contributed by atoms with Crippen LogP contribution in [0.25, 0.3) is 0 Å². The number of carbonyl (C=O) groups is 1. The summed E-state index contributed by atoms with van der Waals surface area (Å²) in [5, 5.41) is 0. The van der Waals surface area contributed by atoms with Gasteiger partial charge in [0.05, 0.1) is 30.8 Å². The average Bonchev–Trinajstić information content (AvgIpc) is 2.84. The Hall–Kier alpha value is -3.89. The largest absolute Gasteiger partial charge is 0.465 e. The van der Waals surface area contributed by atoms with Crippen LogP contribution in [-0.2, 0) is 17.7 Å². The Bertz CT molecular complexity index is 1330. The molecule has 1 aromatic heterocycles. The van der Waals surface area contributed by atoms with Crippen molar-refractivity contribution in [3.8, 4) is 11.8 Å². The first kappa shape index (κ1) is 22.3. The first-order valence-corrected chi connectivity index (χ1v) is 10.8. The zero-order valence-corrected chi connectivity index (χ0v) is 18.6. The van der Waals surface area contributed by atoms with Crippen LogP contribution in [0.2, 0.25) is 0 Å². The maximum atomic E-state index is 13.3. The Morgan fingerprint density at radius 1 is 1.12 bits per heavy atom. The molecule has 1 aliphatic heterocycles. The van der Waals surface area contributed by atoms with Crippen molar-refractivity contribution in [3.63, 3.8) is 0 Å². The average molecular weight is 444 g/mol.